The van der Waals surface area contributed by atoms with Gasteiger partial charge in [-0.2, -0.15) is 0 Å². The van der Waals surface area contributed by atoms with Crippen LogP contribution in [0, 0.1) is 13.8 Å². The van der Waals surface area contributed by atoms with Gasteiger partial charge in [0.25, 0.3) is 5.82 Å². The maximum absolute atomic E-state index is 10.9. The minimum absolute atomic E-state index is 0.216. The third kappa shape index (κ3) is 2.32. The summed E-state index contributed by atoms with van der Waals surface area (Å²) < 4.78 is 3.13. The van der Waals surface area contributed by atoms with Crippen molar-refractivity contribution in [3.05, 3.63) is 38.3 Å². The zero-order chi connectivity index (χ0) is 13.4. The van der Waals surface area contributed by atoms with E-state index in [9.17, 15) is 4.79 Å². The van der Waals surface area contributed by atoms with Gasteiger partial charge in [-0.3, -0.25) is 0 Å². The van der Waals surface area contributed by atoms with Crippen LogP contribution in [0.1, 0.15) is 22.0 Å². The minimum atomic E-state index is -1.14. The molecule has 0 radical (unpaired) electrons. The summed E-state index contributed by atoms with van der Waals surface area (Å²) in [5, 5.41) is 12.9. The van der Waals surface area contributed by atoms with Crippen LogP contribution >= 0.6 is 31.9 Å². The van der Waals surface area contributed by atoms with Crippen LogP contribution in [-0.2, 0) is 0 Å². The molecule has 94 valence electrons. The van der Waals surface area contributed by atoms with Gasteiger partial charge in [-0.15, -0.1) is 5.10 Å². The van der Waals surface area contributed by atoms with E-state index in [0.29, 0.717) is 5.82 Å². The number of aryl methyl sites for hydroxylation is 2. The number of aromatic carboxylic acids is 1. The van der Waals surface area contributed by atoms with Crippen molar-refractivity contribution < 1.29 is 9.90 Å². The van der Waals surface area contributed by atoms with Crippen LogP contribution in [-0.4, -0.2) is 25.8 Å². The molecule has 0 amide bonds. The summed E-state index contributed by atoms with van der Waals surface area (Å²) in [6.45, 7) is 3.67. The molecule has 0 atom stereocenters. The molecule has 7 heteroatoms. The van der Waals surface area contributed by atoms with Crippen molar-refractivity contribution in [2.45, 2.75) is 13.8 Å². The zero-order valence-corrected chi connectivity index (χ0v) is 12.8. The Morgan fingerprint density at radius 2 is 1.83 bits per heavy atom. The summed E-state index contributed by atoms with van der Waals surface area (Å²) in [6, 6.07) is 3.86. The normalized spacial score (nSPS) is 10.7. The van der Waals surface area contributed by atoms with E-state index in [1.807, 2.05) is 19.1 Å². The van der Waals surface area contributed by atoms with Crippen LogP contribution in [0.15, 0.2) is 21.1 Å². The van der Waals surface area contributed by atoms with E-state index in [4.69, 9.17) is 5.11 Å². The van der Waals surface area contributed by atoms with Crippen molar-refractivity contribution in [3.8, 4) is 5.69 Å². The van der Waals surface area contributed by atoms with Crippen LogP contribution in [0.4, 0.5) is 0 Å². The molecule has 1 aromatic carbocycles. The molecule has 2 aromatic rings. The number of benzene rings is 1. The molecule has 5 nitrogen and oxygen atoms in total. The van der Waals surface area contributed by atoms with Crippen molar-refractivity contribution in [2.75, 3.05) is 0 Å². The first-order chi connectivity index (χ1) is 8.40. The van der Waals surface area contributed by atoms with Gasteiger partial charge in [0.15, 0.2) is 0 Å². The molecule has 18 heavy (non-hydrogen) atoms. The fraction of sp³-hybridized carbons (Fsp3) is 0.182. The third-order valence-electron chi connectivity index (χ3n) is 2.33. The third-order valence-corrected chi connectivity index (χ3v) is 3.54. The predicted molar refractivity (Wildman–Crippen MR) is 73.2 cm³/mol. The Kier molecular flexibility index (Phi) is 3.54. The van der Waals surface area contributed by atoms with E-state index >= 15 is 0 Å². The number of hydrogen-bond donors (Lipinski definition) is 1. The fourth-order valence-corrected chi connectivity index (χ4v) is 3.34. The first-order valence-electron chi connectivity index (χ1n) is 5.03. The van der Waals surface area contributed by atoms with E-state index in [1.54, 1.807) is 6.92 Å². The molecular formula is C11H9Br2N3O2. The molecule has 2 rings (SSSR count). The molecule has 1 heterocycles. The first kappa shape index (κ1) is 13.2. The van der Waals surface area contributed by atoms with Gasteiger partial charge in [-0.05, 0) is 63.4 Å². The number of carboxylic acids is 1. The predicted octanol–water partition coefficient (Wildman–Crippen LogP) is 3.11. The summed E-state index contributed by atoms with van der Waals surface area (Å²) in [4.78, 5) is 14.8. The van der Waals surface area contributed by atoms with Crippen LogP contribution in [0.5, 0.6) is 0 Å². The van der Waals surface area contributed by atoms with Crippen LogP contribution < -0.4 is 0 Å². The number of rotatable bonds is 2. The number of aromatic nitrogens is 3. The summed E-state index contributed by atoms with van der Waals surface area (Å²) in [5.41, 5.74) is 1.81. The Balaban J connectivity index is 2.66. The lowest BCUT2D eigenvalue weighted by molar-refractivity contribution is 0.0683. The molecule has 0 unspecified atom stereocenters. The Bertz CT molecular complexity index is 614. The lowest BCUT2D eigenvalue weighted by Gasteiger charge is -2.09. The maximum Gasteiger partial charge on any atom is 0.375 e. The second kappa shape index (κ2) is 4.81. The van der Waals surface area contributed by atoms with Gasteiger partial charge in [0.1, 0.15) is 5.82 Å². The summed E-state index contributed by atoms with van der Waals surface area (Å²) >= 11 is 6.90. The molecule has 1 aromatic heterocycles. The first-order valence-corrected chi connectivity index (χ1v) is 6.61. The van der Waals surface area contributed by atoms with E-state index < -0.39 is 5.97 Å². The molecule has 0 saturated carbocycles. The monoisotopic (exact) mass is 373 g/mol. The minimum Gasteiger partial charge on any atom is -0.475 e. The molecular weight excluding hydrogens is 366 g/mol. The molecule has 0 aliphatic heterocycles. The lowest BCUT2D eigenvalue weighted by atomic mass is 10.2. The van der Waals surface area contributed by atoms with Gasteiger partial charge < -0.3 is 5.11 Å². The average Bonchev–Trinajstić information content (AvgIpc) is 2.59. The van der Waals surface area contributed by atoms with Crippen molar-refractivity contribution in [1.29, 1.82) is 0 Å². The van der Waals surface area contributed by atoms with Crippen molar-refractivity contribution in [3.63, 3.8) is 0 Å². The Hall–Kier alpha value is -1.21. The Labute approximate surface area is 120 Å². The number of carbonyl (C=O) groups is 1. The van der Waals surface area contributed by atoms with Crippen LogP contribution in [0.2, 0.25) is 0 Å². The second-order valence-electron chi connectivity index (χ2n) is 3.78. The highest BCUT2D eigenvalue weighted by molar-refractivity contribution is 9.11. The Morgan fingerprint density at radius 3 is 2.28 bits per heavy atom. The van der Waals surface area contributed by atoms with Crippen LogP contribution in [0.3, 0.4) is 0 Å². The van der Waals surface area contributed by atoms with Crippen molar-refractivity contribution in [2.24, 2.45) is 0 Å². The number of nitrogens with zero attached hydrogens (tertiary/aromatic N) is 3. The van der Waals surface area contributed by atoms with Gasteiger partial charge in [-0.25, -0.2) is 14.5 Å². The van der Waals surface area contributed by atoms with Gasteiger partial charge in [-0.1, -0.05) is 0 Å². The summed E-state index contributed by atoms with van der Waals surface area (Å²) in [6.07, 6.45) is 0. The van der Waals surface area contributed by atoms with Crippen LogP contribution in [0.25, 0.3) is 5.69 Å². The zero-order valence-electron chi connectivity index (χ0n) is 9.61. The molecule has 0 aliphatic rings. The largest absolute Gasteiger partial charge is 0.475 e. The van der Waals surface area contributed by atoms with E-state index in [1.165, 1.54) is 4.68 Å². The standard InChI is InChI=1S/C11H9Br2N3O2/c1-5-3-7(12)9(8(13)4-5)16-6(2)14-10(15-16)11(17)18/h3-4H,1-2H3,(H,17,18). The average molecular weight is 375 g/mol. The molecule has 0 fully saturated rings. The summed E-state index contributed by atoms with van der Waals surface area (Å²) in [5.74, 6) is -0.847. The number of halogens is 2. The van der Waals surface area contributed by atoms with E-state index in [-0.39, 0.29) is 5.82 Å². The summed E-state index contributed by atoms with van der Waals surface area (Å²) in [7, 11) is 0. The fourth-order valence-electron chi connectivity index (χ4n) is 1.59. The van der Waals surface area contributed by atoms with Gasteiger partial charge in [0.05, 0.1) is 5.69 Å². The Morgan fingerprint density at radius 1 is 1.28 bits per heavy atom. The van der Waals surface area contributed by atoms with Crippen molar-refractivity contribution in [1.82, 2.24) is 14.8 Å². The quantitative estimate of drug-likeness (QED) is 0.876. The maximum atomic E-state index is 10.9. The van der Waals surface area contributed by atoms with Gasteiger partial charge >= 0.3 is 5.97 Å². The molecule has 0 bridgehead atoms. The van der Waals surface area contributed by atoms with Gasteiger partial charge in [0.2, 0.25) is 0 Å². The van der Waals surface area contributed by atoms with E-state index in [0.717, 1.165) is 20.2 Å². The molecule has 0 saturated heterocycles. The number of carboxylic acid groups (broad SMARTS) is 1. The highest BCUT2D eigenvalue weighted by Crippen LogP contribution is 2.30. The smallest absolute Gasteiger partial charge is 0.375 e. The highest BCUT2D eigenvalue weighted by Gasteiger charge is 2.17. The van der Waals surface area contributed by atoms with Gasteiger partial charge in [0, 0.05) is 8.95 Å². The molecule has 1 N–H and O–H groups in total. The molecule has 0 aliphatic carbocycles. The second-order valence-corrected chi connectivity index (χ2v) is 5.49. The van der Waals surface area contributed by atoms with E-state index in [2.05, 4.69) is 41.9 Å². The lowest BCUT2D eigenvalue weighted by Crippen LogP contribution is -2.04. The highest BCUT2D eigenvalue weighted by atomic mass is 79.9. The SMILES string of the molecule is Cc1cc(Br)c(-n2nc(C(=O)O)nc2C)c(Br)c1. The molecule has 0 spiro atoms. The van der Waals surface area contributed by atoms with Crippen molar-refractivity contribution >= 4 is 37.8 Å². The number of hydrogen-bond acceptors (Lipinski definition) is 3. The topological polar surface area (TPSA) is 68.0 Å².